The van der Waals surface area contributed by atoms with E-state index < -0.39 is 28.8 Å². The van der Waals surface area contributed by atoms with Crippen molar-refractivity contribution in [2.75, 3.05) is 12.8 Å². The minimum atomic E-state index is -1.04. The summed E-state index contributed by atoms with van der Waals surface area (Å²) in [5.74, 6) is -0.851. The van der Waals surface area contributed by atoms with Crippen molar-refractivity contribution >= 4 is 22.8 Å². The Bertz CT molecular complexity index is 334. The van der Waals surface area contributed by atoms with Gasteiger partial charge < -0.3 is 15.7 Å². The van der Waals surface area contributed by atoms with E-state index in [0.29, 0.717) is 19.4 Å². The summed E-state index contributed by atoms with van der Waals surface area (Å²) >= 11 is 0. The monoisotopic (exact) mass is 292 g/mol. The molecule has 2 unspecified atom stereocenters. The van der Waals surface area contributed by atoms with Crippen molar-refractivity contribution < 1.29 is 18.9 Å². The van der Waals surface area contributed by atoms with Crippen molar-refractivity contribution in [3.05, 3.63) is 0 Å². The van der Waals surface area contributed by atoms with Crippen LogP contribution in [-0.2, 0) is 15.6 Å². The van der Waals surface area contributed by atoms with Gasteiger partial charge in [0.05, 0.1) is 0 Å². The molecule has 3 N–H and O–H groups in total. The summed E-state index contributed by atoms with van der Waals surface area (Å²) in [6.07, 6.45) is 2.60. The highest BCUT2D eigenvalue weighted by Crippen LogP contribution is 2.04. The van der Waals surface area contributed by atoms with Crippen LogP contribution in [0.1, 0.15) is 33.6 Å². The molecule has 7 heteroatoms. The molecule has 0 aromatic carbocycles. The summed E-state index contributed by atoms with van der Waals surface area (Å²) < 4.78 is 11.1. The molecule has 0 spiro atoms. The Morgan fingerprint density at radius 3 is 2.26 bits per heavy atom. The third-order valence-corrected chi connectivity index (χ3v) is 4.08. The minimum absolute atomic E-state index is 0.00577. The second-order valence-corrected chi connectivity index (χ2v) is 6.82. The lowest BCUT2D eigenvalue weighted by molar-refractivity contribution is -0.139. The van der Waals surface area contributed by atoms with Gasteiger partial charge in [0.15, 0.2) is 0 Å². The normalized spacial score (nSPS) is 15.6. The molecule has 0 aliphatic rings. The van der Waals surface area contributed by atoms with E-state index in [1.165, 1.54) is 0 Å². The lowest BCUT2D eigenvalue weighted by atomic mass is 10.0. The Morgan fingerprint density at radius 2 is 1.84 bits per heavy atom. The molecule has 0 saturated carbocycles. The summed E-state index contributed by atoms with van der Waals surface area (Å²) in [6, 6.07) is -1.38. The summed E-state index contributed by atoms with van der Waals surface area (Å²) in [6.45, 7) is 6.01. The average molecular weight is 292 g/mol. The maximum Gasteiger partial charge on any atom is 0.326 e. The third kappa shape index (κ3) is 8.58. The first kappa shape index (κ1) is 17.9. The number of rotatable bonds is 8. The number of aliphatic carboxylic acids is 1. The van der Waals surface area contributed by atoms with Crippen LogP contribution in [0.2, 0.25) is 0 Å². The van der Waals surface area contributed by atoms with Crippen LogP contribution in [0.25, 0.3) is 0 Å². The van der Waals surface area contributed by atoms with Crippen LogP contribution in [0.3, 0.4) is 0 Å². The largest absolute Gasteiger partial charge is 0.480 e. The lowest BCUT2D eigenvalue weighted by Crippen LogP contribution is -2.47. The number of hydrogen-bond acceptors (Lipinski definition) is 3. The number of hydrogen-bond donors (Lipinski definition) is 3. The van der Waals surface area contributed by atoms with Crippen LogP contribution < -0.4 is 10.6 Å². The van der Waals surface area contributed by atoms with E-state index in [1.54, 1.807) is 6.26 Å². The quantitative estimate of drug-likeness (QED) is 0.620. The fourth-order valence-corrected chi connectivity index (χ4v) is 1.91. The highest BCUT2D eigenvalue weighted by molar-refractivity contribution is 7.84. The molecule has 0 aromatic rings. The molecule has 0 aliphatic carbocycles. The Hall–Kier alpha value is -1.11. The summed E-state index contributed by atoms with van der Waals surface area (Å²) in [7, 11) is -0.917. The van der Waals surface area contributed by atoms with Gasteiger partial charge in [0.2, 0.25) is 0 Å². The summed E-state index contributed by atoms with van der Waals surface area (Å²) in [5.41, 5.74) is 0. The number of amides is 2. The highest BCUT2D eigenvalue weighted by Gasteiger charge is 2.20. The van der Waals surface area contributed by atoms with Crippen LogP contribution in [0.5, 0.6) is 0 Å². The molecule has 0 bridgehead atoms. The second kappa shape index (κ2) is 8.90. The number of nitrogens with one attached hydrogen (secondary N) is 2. The Kier molecular flexibility index (Phi) is 8.38. The highest BCUT2D eigenvalue weighted by atomic mass is 32.2. The minimum Gasteiger partial charge on any atom is -0.480 e. The van der Waals surface area contributed by atoms with E-state index in [1.807, 2.05) is 20.8 Å². The molecule has 112 valence electrons. The van der Waals surface area contributed by atoms with Gasteiger partial charge in [0.25, 0.3) is 0 Å². The molecular weight excluding hydrogens is 268 g/mol. The van der Waals surface area contributed by atoms with Crippen molar-refractivity contribution in [1.82, 2.24) is 10.6 Å². The van der Waals surface area contributed by atoms with E-state index in [9.17, 15) is 13.8 Å². The van der Waals surface area contributed by atoms with Crippen molar-refractivity contribution in [2.45, 2.75) is 44.9 Å². The van der Waals surface area contributed by atoms with E-state index in [-0.39, 0.29) is 11.2 Å². The average Bonchev–Trinajstić information content (AvgIpc) is 2.26. The SMILES string of the molecule is CC(C)C[C@@H](NC(=O)NCCC(C)S(C)=O)C(=O)O. The molecule has 0 radical (unpaired) electrons. The molecular formula is C12H24N2O4S. The zero-order valence-electron chi connectivity index (χ0n) is 11.9. The molecule has 3 atom stereocenters. The van der Waals surface area contributed by atoms with E-state index in [2.05, 4.69) is 10.6 Å². The molecule has 0 heterocycles. The van der Waals surface area contributed by atoms with Crippen LogP contribution in [0, 0.1) is 5.92 Å². The number of carbonyl (C=O) groups excluding carboxylic acids is 1. The molecule has 0 rings (SSSR count). The third-order valence-electron chi connectivity index (χ3n) is 2.71. The number of carboxylic acid groups (broad SMARTS) is 1. The fraction of sp³-hybridized carbons (Fsp3) is 0.833. The van der Waals surface area contributed by atoms with Crippen LogP contribution in [0.15, 0.2) is 0 Å². The van der Waals surface area contributed by atoms with Crippen molar-refractivity contribution in [1.29, 1.82) is 0 Å². The molecule has 6 nitrogen and oxygen atoms in total. The maximum absolute atomic E-state index is 11.5. The van der Waals surface area contributed by atoms with Gasteiger partial charge in [-0.1, -0.05) is 20.8 Å². The fourth-order valence-electron chi connectivity index (χ4n) is 1.46. The van der Waals surface area contributed by atoms with Crippen LogP contribution in [-0.4, -0.2) is 45.4 Å². The number of carboxylic acids is 1. The standard InChI is InChI=1S/C12H24N2O4S/c1-8(2)7-10(11(15)16)14-12(17)13-6-5-9(3)19(4)18/h8-10H,5-7H2,1-4H3,(H,15,16)(H2,13,14,17)/t9?,10-,19?/m1/s1. The van der Waals surface area contributed by atoms with E-state index >= 15 is 0 Å². The molecule has 2 amide bonds. The number of carbonyl (C=O) groups is 2. The maximum atomic E-state index is 11.5. The first-order chi connectivity index (χ1) is 8.73. The zero-order chi connectivity index (χ0) is 15.0. The van der Waals surface area contributed by atoms with Gasteiger partial charge in [0.1, 0.15) is 6.04 Å². The molecule has 0 saturated heterocycles. The van der Waals surface area contributed by atoms with E-state index in [0.717, 1.165) is 0 Å². The van der Waals surface area contributed by atoms with Gasteiger partial charge in [-0.05, 0) is 18.8 Å². The summed E-state index contributed by atoms with van der Waals surface area (Å²) in [5, 5.41) is 14.0. The van der Waals surface area contributed by atoms with Crippen molar-refractivity contribution in [3.63, 3.8) is 0 Å². The lowest BCUT2D eigenvalue weighted by Gasteiger charge is -2.17. The van der Waals surface area contributed by atoms with Gasteiger partial charge in [-0.15, -0.1) is 0 Å². The number of urea groups is 1. The molecule has 0 aliphatic heterocycles. The first-order valence-electron chi connectivity index (χ1n) is 6.33. The van der Waals surface area contributed by atoms with Crippen LogP contribution >= 0.6 is 0 Å². The predicted octanol–water partition coefficient (Wildman–Crippen LogP) is 0.942. The topological polar surface area (TPSA) is 95.5 Å². The van der Waals surface area contributed by atoms with Gasteiger partial charge in [-0.25, -0.2) is 9.59 Å². The van der Waals surface area contributed by atoms with Crippen molar-refractivity contribution in [2.24, 2.45) is 5.92 Å². The van der Waals surface area contributed by atoms with Crippen molar-refractivity contribution in [3.8, 4) is 0 Å². The first-order valence-corrected chi connectivity index (χ1v) is 7.95. The molecule has 19 heavy (non-hydrogen) atoms. The van der Waals surface area contributed by atoms with Gasteiger partial charge >= 0.3 is 12.0 Å². The van der Waals surface area contributed by atoms with E-state index in [4.69, 9.17) is 5.11 Å². The van der Waals surface area contributed by atoms with Crippen LogP contribution in [0.4, 0.5) is 4.79 Å². The second-order valence-electron chi connectivity index (χ2n) is 5.02. The molecule has 0 fully saturated rings. The Labute approximate surface area is 116 Å². The zero-order valence-corrected chi connectivity index (χ0v) is 12.8. The molecule has 0 aromatic heterocycles. The van der Waals surface area contributed by atoms with Gasteiger partial charge in [-0.2, -0.15) is 0 Å². The Morgan fingerprint density at radius 1 is 1.26 bits per heavy atom. The van der Waals surface area contributed by atoms with Gasteiger partial charge in [0, 0.05) is 28.9 Å². The Balaban J connectivity index is 4.07. The smallest absolute Gasteiger partial charge is 0.326 e. The summed E-state index contributed by atoms with van der Waals surface area (Å²) in [4.78, 5) is 22.5. The predicted molar refractivity (Wildman–Crippen MR) is 75.6 cm³/mol. The van der Waals surface area contributed by atoms with Gasteiger partial charge in [-0.3, -0.25) is 4.21 Å².